The maximum Gasteiger partial charge on any atom is 0.138 e. The monoisotopic (exact) mass is 279 g/mol. The van der Waals surface area contributed by atoms with Crippen molar-refractivity contribution in [2.24, 2.45) is 0 Å². The van der Waals surface area contributed by atoms with Crippen LogP contribution in [0.1, 0.15) is 43.6 Å². The summed E-state index contributed by atoms with van der Waals surface area (Å²) in [5.74, 6) is 2.36. The van der Waals surface area contributed by atoms with Crippen LogP contribution in [0.3, 0.4) is 0 Å². The lowest BCUT2D eigenvalue weighted by molar-refractivity contribution is 0.752. The van der Waals surface area contributed by atoms with E-state index in [9.17, 15) is 0 Å². The Bertz CT molecular complexity index is 767. The summed E-state index contributed by atoms with van der Waals surface area (Å²) in [5, 5.41) is 0. The predicted molar refractivity (Wildman–Crippen MR) is 87.1 cm³/mol. The molecule has 0 unspecified atom stereocenters. The zero-order valence-electron chi connectivity index (χ0n) is 13.1. The lowest BCUT2D eigenvalue weighted by Gasteiger charge is -2.11. The third-order valence-corrected chi connectivity index (χ3v) is 3.80. The molecule has 2 heterocycles. The van der Waals surface area contributed by atoms with Gasteiger partial charge in [-0.25, -0.2) is 9.97 Å². The van der Waals surface area contributed by atoms with E-state index in [1.54, 1.807) is 0 Å². The fraction of sp³-hybridized carbons (Fsp3) is 0.333. The summed E-state index contributed by atoms with van der Waals surface area (Å²) in [4.78, 5) is 9.45. The molecule has 0 saturated carbocycles. The van der Waals surface area contributed by atoms with Crippen molar-refractivity contribution < 1.29 is 0 Å². The molecule has 3 heteroatoms. The Kier molecular flexibility index (Phi) is 3.50. The number of fused-ring (bicyclic) bond motifs is 1. The third kappa shape index (κ3) is 2.44. The van der Waals surface area contributed by atoms with Crippen LogP contribution in [0.2, 0.25) is 0 Å². The van der Waals surface area contributed by atoms with Crippen molar-refractivity contribution >= 4 is 11.0 Å². The van der Waals surface area contributed by atoms with Crippen LogP contribution in [0.25, 0.3) is 16.9 Å². The molecular weight excluding hydrogens is 258 g/mol. The number of aromatic nitrogens is 3. The minimum Gasteiger partial charge on any atom is -0.280 e. The summed E-state index contributed by atoms with van der Waals surface area (Å²) < 4.78 is 2.18. The molecule has 0 spiro atoms. The van der Waals surface area contributed by atoms with E-state index >= 15 is 0 Å². The molecule has 0 fully saturated rings. The Morgan fingerprint density at radius 3 is 2.57 bits per heavy atom. The van der Waals surface area contributed by atoms with E-state index in [2.05, 4.69) is 67.6 Å². The van der Waals surface area contributed by atoms with E-state index in [1.807, 2.05) is 6.20 Å². The van der Waals surface area contributed by atoms with Gasteiger partial charge in [0, 0.05) is 12.1 Å². The molecule has 0 bridgehead atoms. The Hall–Kier alpha value is -2.16. The molecule has 0 amide bonds. The second-order valence-electron chi connectivity index (χ2n) is 5.83. The second kappa shape index (κ2) is 5.32. The highest BCUT2D eigenvalue weighted by atomic mass is 15.1. The number of rotatable bonds is 3. The van der Waals surface area contributed by atoms with Crippen molar-refractivity contribution in [3.8, 4) is 5.82 Å². The molecular formula is C18H21N3. The van der Waals surface area contributed by atoms with E-state index in [0.717, 1.165) is 29.1 Å². The van der Waals surface area contributed by atoms with Crippen molar-refractivity contribution in [1.82, 2.24) is 14.5 Å². The Morgan fingerprint density at radius 1 is 1.14 bits per heavy atom. The first-order valence-electron chi connectivity index (χ1n) is 7.54. The molecule has 0 atom stereocenters. The average molecular weight is 279 g/mol. The summed E-state index contributed by atoms with van der Waals surface area (Å²) in [7, 11) is 0. The fourth-order valence-corrected chi connectivity index (χ4v) is 2.60. The largest absolute Gasteiger partial charge is 0.280 e. The number of nitrogens with zero attached hydrogens (tertiary/aromatic N) is 3. The highest BCUT2D eigenvalue weighted by Gasteiger charge is 2.15. The summed E-state index contributed by atoms with van der Waals surface area (Å²) in [6.07, 6.45) is 2.97. The summed E-state index contributed by atoms with van der Waals surface area (Å²) in [6, 6.07) is 10.6. The minimum absolute atomic E-state index is 0.352. The Labute approximate surface area is 125 Å². The number of pyridine rings is 1. The van der Waals surface area contributed by atoms with Crippen LogP contribution in [0.4, 0.5) is 0 Å². The molecule has 108 valence electrons. The van der Waals surface area contributed by atoms with Crippen molar-refractivity contribution in [2.45, 2.75) is 40.0 Å². The van der Waals surface area contributed by atoms with Crippen LogP contribution in [0.15, 0.2) is 36.5 Å². The van der Waals surface area contributed by atoms with Gasteiger partial charge in [0.1, 0.15) is 11.6 Å². The van der Waals surface area contributed by atoms with Crippen LogP contribution in [-0.4, -0.2) is 14.5 Å². The van der Waals surface area contributed by atoms with Gasteiger partial charge in [-0.1, -0.05) is 32.9 Å². The lowest BCUT2D eigenvalue weighted by Crippen LogP contribution is -2.05. The molecule has 3 nitrogen and oxygen atoms in total. The molecule has 0 aliphatic rings. The maximum absolute atomic E-state index is 4.81. The van der Waals surface area contributed by atoms with Gasteiger partial charge in [0.05, 0.1) is 11.0 Å². The van der Waals surface area contributed by atoms with Gasteiger partial charge in [-0.2, -0.15) is 0 Å². The van der Waals surface area contributed by atoms with Gasteiger partial charge in [0.25, 0.3) is 0 Å². The normalized spacial score (nSPS) is 11.5. The van der Waals surface area contributed by atoms with E-state index in [1.165, 1.54) is 11.1 Å². The zero-order chi connectivity index (χ0) is 15.0. The van der Waals surface area contributed by atoms with Crippen molar-refractivity contribution in [1.29, 1.82) is 0 Å². The highest BCUT2D eigenvalue weighted by Crippen LogP contribution is 2.26. The molecule has 0 saturated heterocycles. The Morgan fingerprint density at radius 2 is 1.95 bits per heavy atom. The first-order chi connectivity index (χ1) is 10.1. The zero-order valence-corrected chi connectivity index (χ0v) is 13.1. The average Bonchev–Trinajstić information content (AvgIpc) is 2.86. The molecule has 0 aliphatic carbocycles. The van der Waals surface area contributed by atoms with Gasteiger partial charge in [0.15, 0.2) is 0 Å². The topological polar surface area (TPSA) is 30.7 Å². The van der Waals surface area contributed by atoms with Crippen LogP contribution in [0, 0.1) is 6.92 Å². The maximum atomic E-state index is 4.81. The molecule has 0 radical (unpaired) electrons. The second-order valence-corrected chi connectivity index (χ2v) is 5.83. The molecule has 3 aromatic rings. The predicted octanol–water partition coefficient (Wildman–Crippen LogP) is 4.41. The van der Waals surface area contributed by atoms with E-state index in [0.29, 0.717) is 5.92 Å². The number of imidazole rings is 1. The summed E-state index contributed by atoms with van der Waals surface area (Å²) >= 11 is 0. The first kappa shape index (κ1) is 13.8. The van der Waals surface area contributed by atoms with E-state index in [4.69, 9.17) is 4.98 Å². The molecule has 3 rings (SSSR count). The minimum atomic E-state index is 0.352. The lowest BCUT2D eigenvalue weighted by atomic mass is 10.2. The van der Waals surface area contributed by atoms with Crippen molar-refractivity contribution in [2.75, 3.05) is 0 Å². The Balaban J connectivity index is 2.25. The molecule has 2 aromatic heterocycles. The molecule has 21 heavy (non-hydrogen) atoms. The van der Waals surface area contributed by atoms with Gasteiger partial charge in [-0.3, -0.25) is 4.57 Å². The van der Waals surface area contributed by atoms with Gasteiger partial charge >= 0.3 is 0 Å². The van der Waals surface area contributed by atoms with Crippen LogP contribution >= 0.6 is 0 Å². The van der Waals surface area contributed by atoms with Gasteiger partial charge < -0.3 is 0 Å². The summed E-state index contributed by atoms with van der Waals surface area (Å²) in [5.41, 5.74) is 4.66. The number of aryl methyl sites for hydroxylation is 2. The highest BCUT2D eigenvalue weighted by molar-refractivity contribution is 5.78. The van der Waals surface area contributed by atoms with Gasteiger partial charge in [-0.05, 0) is 42.7 Å². The van der Waals surface area contributed by atoms with Crippen LogP contribution in [0.5, 0.6) is 0 Å². The van der Waals surface area contributed by atoms with Gasteiger partial charge in [-0.15, -0.1) is 0 Å². The van der Waals surface area contributed by atoms with Crippen molar-refractivity contribution in [3.05, 3.63) is 53.5 Å². The fourth-order valence-electron chi connectivity index (χ4n) is 2.60. The molecule has 0 aliphatic heterocycles. The summed E-state index contributed by atoms with van der Waals surface area (Å²) in [6.45, 7) is 8.59. The molecule has 1 aromatic carbocycles. The quantitative estimate of drug-likeness (QED) is 0.710. The van der Waals surface area contributed by atoms with Crippen molar-refractivity contribution in [3.63, 3.8) is 0 Å². The van der Waals surface area contributed by atoms with E-state index in [-0.39, 0.29) is 0 Å². The number of hydrogen-bond acceptors (Lipinski definition) is 2. The van der Waals surface area contributed by atoms with Gasteiger partial charge in [0.2, 0.25) is 0 Å². The van der Waals surface area contributed by atoms with E-state index < -0.39 is 0 Å². The molecule has 0 N–H and O–H groups in total. The van der Waals surface area contributed by atoms with Crippen LogP contribution in [-0.2, 0) is 6.42 Å². The SMILES string of the molecule is CCc1ccc(-n2c(C(C)C)nc3cc(C)ccc32)nc1. The standard InChI is InChI=1S/C18H21N3/c1-5-14-7-9-17(19-11-14)21-16-8-6-13(4)10-15(16)20-18(21)12(2)3/h6-12H,5H2,1-4H3. The third-order valence-electron chi connectivity index (χ3n) is 3.80. The first-order valence-corrected chi connectivity index (χ1v) is 7.54. The number of benzene rings is 1. The smallest absolute Gasteiger partial charge is 0.138 e. The van der Waals surface area contributed by atoms with Crippen LogP contribution < -0.4 is 0 Å². The number of hydrogen-bond donors (Lipinski definition) is 0.